The number of thiazole rings is 1. The fourth-order valence-electron chi connectivity index (χ4n) is 9.00. The average Bonchev–Trinajstić information content (AvgIpc) is 3.86. The van der Waals surface area contributed by atoms with Gasteiger partial charge in [0.2, 0.25) is 5.91 Å². The maximum Gasteiger partial charge on any atom is 0.312 e. The maximum absolute atomic E-state index is 14.9. The molecule has 3 aromatic rings. The zero-order valence-electron chi connectivity index (χ0n) is 35.6. The summed E-state index contributed by atoms with van der Waals surface area (Å²) in [4.78, 5) is 67.2. The Labute approximate surface area is 360 Å². The number of allylic oxidation sites excluding steroid dienone is 1. The molecule has 3 aliphatic carbocycles. The van der Waals surface area contributed by atoms with Gasteiger partial charge in [0, 0.05) is 42.8 Å². The molecule has 7 rings (SSSR count). The summed E-state index contributed by atoms with van der Waals surface area (Å²) >= 11 is 8.44. The number of anilines is 1. The zero-order chi connectivity index (χ0) is 43.1. The molecule has 1 aliphatic heterocycles. The summed E-state index contributed by atoms with van der Waals surface area (Å²) in [6.07, 6.45) is 4.19. The lowest BCUT2D eigenvalue weighted by molar-refractivity contribution is -0.157. The van der Waals surface area contributed by atoms with Gasteiger partial charge in [-0.3, -0.25) is 19.2 Å². The van der Waals surface area contributed by atoms with E-state index in [1.54, 1.807) is 30.2 Å². The van der Waals surface area contributed by atoms with Crippen molar-refractivity contribution in [2.45, 2.75) is 104 Å². The molecule has 1 N–H and O–H groups in total. The summed E-state index contributed by atoms with van der Waals surface area (Å²) < 4.78 is 29.0. The van der Waals surface area contributed by atoms with Gasteiger partial charge in [-0.05, 0) is 74.8 Å². The van der Waals surface area contributed by atoms with Crippen LogP contribution in [0.2, 0.25) is 5.02 Å². The van der Waals surface area contributed by atoms with E-state index in [0.717, 1.165) is 18.0 Å². The molecule has 60 heavy (non-hydrogen) atoms. The Kier molecular flexibility index (Phi) is 12.9. The van der Waals surface area contributed by atoms with Gasteiger partial charge in [-0.1, -0.05) is 38.4 Å². The summed E-state index contributed by atoms with van der Waals surface area (Å²) in [6.45, 7) is 14.4. The monoisotopic (exact) mass is 864 g/mol. The number of rotatable bonds is 18. The molecule has 1 amide bonds. The summed E-state index contributed by atoms with van der Waals surface area (Å²) in [5, 5.41) is 6.85. The van der Waals surface area contributed by atoms with Crippen LogP contribution in [0.25, 0.3) is 22.3 Å². The molecule has 15 heteroatoms. The third-order valence-electron chi connectivity index (χ3n) is 12.5. The molecule has 4 fully saturated rings. The van der Waals surface area contributed by atoms with Crippen LogP contribution in [-0.4, -0.2) is 96.8 Å². The van der Waals surface area contributed by atoms with Crippen molar-refractivity contribution in [1.82, 2.24) is 14.9 Å². The lowest BCUT2D eigenvalue weighted by Crippen LogP contribution is -2.48. The molecule has 3 heterocycles. The number of nitrogens with zero attached hydrogens (tertiary/aromatic N) is 3. The molecule has 2 unspecified atom stereocenters. The van der Waals surface area contributed by atoms with Gasteiger partial charge in [-0.15, -0.1) is 17.9 Å². The van der Waals surface area contributed by atoms with Crippen LogP contribution < -0.4 is 14.8 Å². The number of ketones is 1. The van der Waals surface area contributed by atoms with Crippen LogP contribution in [0, 0.1) is 34.5 Å². The molecule has 4 aliphatic rings. The van der Waals surface area contributed by atoms with Crippen LogP contribution in [0.3, 0.4) is 0 Å². The molecule has 3 saturated carbocycles. The first-order valence-electron chi connectivity index (χ1n) is 20.9. The number of hydrogen-bond donors (Lipinski definition) is 1. The number of Topliss-reactive ketones (excluding diaryl/α,β-unsaturated/α-hetero) is 1. The lowest BCUT2D eigenvalue weighted by atomic mass is 9.77. The minimum Gasteiger partial charge on any atom is -0.490 e. The third kappa shape index (κ3) is 9.30. The number of amides is 1. The van der Waals surface area contributed by atoms with E-state index >= 15 is 0 Å². The molecule has 0 radical (unpaired) electrons. The highest BCUT2D eigenvalue weighted by Gasteiger charge is 2.61. The minimum atomic E-state index is -1.04. The molecule has 0 spiro atoms. The highest BCUT2D eigenvalue weighted by Crippen LogP contribution is 2.57. The number of methoxy groups -OCH3 is 2. The molecule has 1 aromatic carbocycles. The lowest BCUT2D eigenvalue weighted by Gasteiger charge is -2.35. The van der Waals surface area contributed by atoms with Crippen LogP contribution in [0.15, 0.2) is 36.2 Å². The predicted octanol–water partition coefficient (Wildman–Crippen LogP) is 7.92. The number of pyridine rings is 1. The number of benzene rings is 1. The van der Waals surface area contributed by atoms with Crippen molar-refractivity contribution < 1.29 is 42.9 Å². The van der Waals surface area contributed by atoms with Gasteiger partial charge < -0.3 is 33.9 Å². The molecule has 0 bridgehead atoms. The van der Waals surface area contributed by atoms with Crippen LogP contribution in [0.5, 0.6) is 11.5 Å². The summed E-state index contributed by atoms with van der Waals surface area (Å²) in [5.41, 5.74) is -0.139. The topological polar surface area (TPSA) is 155 Å². The van der Waals surface area contributed by atoms with Crippen molar-refractivity contribution in [1.29, 1.82) is 0 Å². The number of likely N-dealkylation sites (tertiary alicyclic amines) is 1. The van der Waals surface area contributed by atoms with Gasteiger partial charge in [0.05, 0.1) is 55.3 Å². The van der Waals surface area contributed by atoms with Crippen LogP contribution in [-0.2, 0) is 33.4 Å². The zero-order valence-corrected chi connectivity index (χ0v) is 37.2. The van der Waals surface area contributed by atoms with Crippen LogP contribution in [0.1, 0.15) is 79.6 Å². The van der Waals surface area contributed by atoms with Crippen molar-refractivity contribution >= 4 is 62.6 Å². The Morgan fingerprint density at radius 1 is 1.03 bits per heavy atom. The summed E-state index contributed by atoms with van der Waals surface area (Å²) in [6, 6.07) is 4.60. The fraction of sp³-hybridized carbons (Fsp3) is 0.600. The SMILES string of the molecule is C=C[C@@H]1CC1(CC(=O)[C@@H]1C[C@@H](Oc2cc(-c3csc(NC(C)C)n3)nc3c(Cl)c(OCCOC)ccc23)CN1C(=O)[C@@H](CC(=O)OC1C[C@@H]2C[C@@H]2C1)C(C)(C)C)C(=O)OC. The molecule has 1 saturated heterocycles. The van der Waals surface area contributed by atoms with Gasteiger partial charge in [-0.25, -0.2) is 9.97 Å². The first kappa shape index (κ1) is 43.8. The number of aromatic nitrogens is 2. The largest absolute Gasteiger partial charge is 0.490 e. The fourth-order valence-corrected chi connectivity index (χ4v) is 10.1. The molecule has 324 valence electrons. The highest BCUT2D eigenvalue weighted by atomic mass is 35.5. The Bertz CT molecular complexity index is 2130. The molecular weight excluding hydrogens is 808 g/mol. The smallest absolute Gasteiger partial charge is 0.312 e. The highest BCUT2D eigenvalue weighted by molar-refractivity contribution is 7.14. The van der Waals surface area contributed by atoms with Crippen molar-refractivity contribution in [3.8, 4) is 22.9 Å². The second-order valence-corrected chi connectivity index (χ2v) is 19.5. The molecule has 13 nitrogen and oxygen atoms in total. The second-order valence-electron chi connectivity index (χ2n) is 18.2. The summed E-state index contributed by atoms with van der Waals surface area (Å²) in [5.74, 6) is -0.373. The van der Waals surface area contributed by atoms with Crippen LogP contribution >= 0.6 is 22.9 Å². The number of carbonyl (C=O) groups excluding carboxylic acids is 4. The van der Waals surface area contributed by atoms with E-state index < -0.39 is 40.8 Å². The van der Waals surface area contributed by atoms with E-state index in [1.807, 2.05) is 46.1 Å². The average molecular weight is 865 g/mol. The minimum absolute atomic E-state index is 0.0587. The van der Waals surface area contributed by atoms with E-state index in [0.29, 0.717) is 58.7 Å². The summed E-state index contributed by atoms with van der Waals surface area (Å²) in [7, 11) is 2.90. The quantitative estimate of drug-likeness (QED) is 0.0750. The Morgan fingerprint density at radius 3 is 2.43 bits per heavy atom. The Morgan fingerprint density at radius 2 is 1.78 bits per heavy atom. The van der Waals surface area contributed by atoms with Gasteiger partial charge in [-0.2, -0.15) is 0 Å². The van der Waals surface area contributed by atoms with E-state index in [9.17, 15) is 19.2 Å². The van der Waals surface area contributed by atoms with E-state index in [2.05, 4.69) is 11.9 Å². The van der Waals surface area contributed by atoms with E-state index in [-0.39, 0.29) is 67.2 Å². The van der Waals surface area contributed by atoms with Gasteiger partial charge >= 0.3 is 11.9 Å². The number of nitrogens with one attached hydrogen (secondary N) is 1. The Balaban J connectivity index is 1.21. The van der Waals surface area contributed by atoms with Gasteiger partial charge in [0.25, 0.3) is 0 Å². The van der Waals surface area contributed by atoms with Crippen LogP contribution in [0.4, 0.5) is 5.13 Å². The van der Waals surface area contributed by atoms with Crippen molar-refractivity contribution in [2.75, 3.05) is 39.3 Å². The number of ether oxygens (including phenoxy) is 5. The first-order valence-corrected chi connectivity index (χ1v) is 22.2. The maximum atomic E-state index is 14.9. The number of hydrogen-bond acceptors (Lipinski definition) is 13. The van der Waals surface area contributed by atoms with Crippen molar-refractivity contribution in [3.63, 3.8) is 0 Å². The first-order chi connectivity index (χ1) is 28.5. The number of fused-ring (bicyclic) bond motifs is 2. The predicted molar refractivity (Wildman–Crippen MR) is 229 cm³/mol. The van der Waals surface area contributed by atoms with Gasteiger partial charge in [0.15, 0.2) is 10.9 Å². The second kappa shape index (κ2) is 17.6. The molecule has 8 atom stereocenters. The standard InChI is InChI=1S/C45H57ClN4O9S/c1-9-27-20-45(27,42(54)56-8)21-35(51)34-17-29(22-50(34)41(53)31(44(4,5)6)18-38(52)59-28-15-25-14-26(25)16-28)58-37-19-32(33-23-60-43(49-33)47-24(2)3)48-40-30(37)10-11-36(39(40)46)57-13-12-55-7/h9-11,19,23-29,31,34H,1,12-18,20-22H2,2-8H3,(H,47,49)/t25-,26+,27-,28?,29-,31-,34+,45?/m1/s1. The number of carbonyl (C=O) groups is 4. The number of halogens is 1. The van der Waals surface area contributed by atoms with Crippen molar-refractivity contribution in [2.24, 2.45) is 34.5 Å². The molecule has 2 aromatic heterocycles. The van der Waals surface area contributed by atoms with Crippen molar-refractivity contribution in [3.05, 3.63) is 41.3 Å². The van der Waals surface area contributed by atoms with E-state index in [1.165, 1.54) is 24.9 Å². The number of esters is 2. The van der Waals surface area contributed by atoms with Gasteiger partial charge in [0.1, 0.15) is 41.0 Å². The molecular formula is C45H57ClN4O9S. The Hall–Kier alpha value is -4.27. The normalized spacial score (nSPS) is 26.1. The van der Waals surface area contributed by atoms with E-state index in [4.69, 9.17) is 45.3 Å². The third-order valence-corrected chi connectivity index (χ3v) is 13.6.